The van der Waals surface area contributed by atoms with Crippen LogP contribution in [0.2, 0.25) is 5.02 Å². The van der Waals surface area contributed by atoms with Crippen molar-refractivity contribution in [2.75, 3.05) is 20.2 Å². The van der Waals surface area contributed by atoms with Gasteiger partial charge in [-0.2, -0.15) is 0 Å². The van der Waals surface area contributed by atoms with Crippen molar-refractivity contribution in [3.63, 3.8) is 0 Å². The molecule has 1 amide bonds. The standard InChI is InChI=1S/C12H17ClN2O2.ClH/c1-17-11-8-9(13)4-5-10(11)12(16)15-7-3-2-6-14;/h4-5,8H,2-3,6-7,14H2,1H3,(H,15,16);1H. The molecule has 0 unspecified atom stereocenters. The fourth-order valence-electron chi connectivity index (χ4n) is 1.42. The van der Waals surface area contributed by atoms with E-state index in [1.807, 2.05) is 0 Å². The molecule has 18 heavy (non-hydrogen) atoms. The monoisotopic (exact) mass is 292 g/mol. The second-order valence-corrected chi connectivity index (χ2v) is 4.03. The van der Waals surface area contributed by atoms with Crippen molar-refractivity contribution in [3.8, 4) is 5.75 Å². The van der Waals surface area contributed by atoms with Crippen LogP contribution in [0.3, 0.4) is 0 Å². The molecule has 0 aromatic heterocycles. The lowest BCUT2D eigenvalue weighted by atomic mass is 10.2. The molecule has 0 saturated carbocycles. The van der Waals surface area contributed by atoms with Crippen molar-refractivity contribution < 1.29 is 9.53 Å². The van der Waals surface area contributed by atoms with Crippen LogP contribution in [0.1, 0.15) is 23.2 Å². The van der Waals surface area contributed by atoms with E-state index in [0.717, 1.165) is 12.8 Å². The molecule has 102 valence electrons. The fraction of sp³-hybridized carbons (Fsp3) is 0.417. The first-order valence-electron chi connectivity index (χ1n) is 5.51. The summed E-state index contributed by atoms with van der Waals surface area (Å²) in [5.41, 5.74) is 5.86. The van der Waals surface area contributed by atoms with E-state index in [0.29, 0.717) is 29.4 Å². The molecule has 1 aromatic rings. The number of rotatable bonds is 6. The smallest absolute Gasteiger partial charge is 0.255 e. The number of ether oxygens (including phenoxy) is 1. The molecule has 1 aromatic carbocycles. The minimum atomic E-state index is -0.157. The van der Waals surface area contributed by atoms with E-state index in [-0.39, 0.29) is 18.3 Å². The topological polar surface area (TPSA) is 64.3 Å². The molecule has 0 atom stereocenters. The Kier molecular flexibility index (Phi) is 8.54. The Labute approximate surface area is 118 Å². The summed E-state index contributed by atoms with van der Waals surface area (Å²) in [7, 11) is 1.51. The summed E-state index contributed by atoms with van der Waals surface area (Å²) in [4.78, 5) is 11.8. The van der Waals surface area contributed by atoms with Crippen molar-refractivity contribution >= 4 is 29.9 Å². The normalized spacial score (nSPS) is 9.50. The molecule has 0 spiro atoms. The Bertz CT molecular complexity index is 386. The van der Waals surface area contributed by atoms with Crippen molar-refractivity contribution in [2.24, 2.45) is 5.73 Å². The number of unbranched alkanes of at least 4 members (excludes halogenated alkanes) is 1. The maximum absolute atomic E-state index is 11.8. The van der Waals surface area contributed by atoms with E-state index in [2.05, 4.69) is 5.32 Å². The fourth-order valence-corrected chi connectivity index (χ4v) is 1.58. The third-order valence-corrected chi connectivity index (χ3v) is 2.56. The molecule has 0 heterocycles. The van der Waals surface area contributed by atoms with Gasteiger partial charge in [0.1, 0.15) is 5.75 Å². The van der Waals surface area contributed by atoms with E-state index >= 15 is 0 Å². The van der Waals surface area contributed by atoms with Gasteiger partial charge in [-0.25, -0.2) is 0 Å². The molecule has 0 aliphatic heterocycles. The van der Waals surface area contributed by atoms with Crippen LogP contribution in [0.15, 0.2) is 18.2 Å². The van der Waals surface area contributed by atoms with Crippen LogP contribution in [-0.4, -0.2) is 26.1 Å². The largest absolute Gasteiger partial charge is 0.496 e. The number of nitrogens with two attached hydrogens (primary N) is 1. The lowest BCUT2D eigenvalue weighted by molar-refractivity contribution is 0.0950. The van der Waals surface area contributed by atoms with Gasteiger partial charge in [0, 0.05) is 11.6 Å². The molecule has 0 bridgehead atoms. The Morgan fingerprint density at radius 2 is 2.17 bits per heavy atom. The predicted octanol–water partition coefficient (Wildman–Crippen LogP) is 2.24. The van der Waals surface area contributed by atoms with Gasteiger partial charge in [-0.15, -0.1) is 12.4 Å². The molecular weight excluding hydrogens is 275 g/mol. The highest BCUT2D eigenvalue weighted by molar-refractivity contribution is 6.30. The Morgan fingerprint density at radius 1 is 1.44 bits per heavy atom. The highest BCUT2D eigenvalue weighted by Crippen LogP contribution is 2.22. The third-order valence-electron chi connectivity index (χ3n) is 2.32. The molecular formula is C12H18Cl2N2O2. The summed E-state index contributed by atoms with van der Waals surface area (Å²) in [5, 5.41) is 3.35. The highest BCUT2D eigenvalue weighted by atomic mass is 35.5. The van der Waals surface area contributed by atoms with Crippen molar-refractivity contribution in [2.45, 2.75) is 12.8 Å². The van der Waals surface area contributed by atoms with Crippen LogP contribution in [0, 0.1) is 0 Å². The zero-order valence-electron chi connectivity index (χ0n) is 10.2. The molecule has 1 rings (SSSR count). The van der Waals surface area contributed by atoms with Crippen molar-refractivity contribution in [1.82, 2.24) is 5.32 Å². The van der Waals surface area contributed by atoms with Crippen molar-refractivity contribution in [1.29, 1.82) is 0 Å². The summed E-state index contributed by atoms with van der Waals surface area (Å²) in [5.74, 6) is 0.323. The zero-order chi connectivity index (χ0) is 12.7. The van der Waals surface area contributed by atoms with Crippen LogP contribution < -0.4 is 15.8 Å². The average Bonchev–Trinajstić information content (AvgIpc) is 2.34. The number of amides is 1. The van der Waals surface area contributed by atoms with Gasteiger partial charge in [0.25, 0.3) is 5.91 Å². The molecule has 6 heteroatoms. The lowest BCUT2D eigenvalue weighted by Gasteiger charge is -2.09. The van der Waals surface area contributed by atoms with E-state index in [1.54, 1.807) is 18.2 Å². The van der Waals surface area contributed by atoms with E-state index in [9.17, 15) is 4.79 Å². The lowest BCUT2D eigenvalue weighted by Crippen LogP contribution is -2.25. The Hall–Kier alpha value is -0.970. The molecule has 0 radical (unpaired) electrons. The van der Waals surface area contributed by atoms with Gasteiger partial charge >= 0.3 is 0 Å². The van der Waals surface area contributed by atoms with Crippen LogP contribution in [0.4, 0.5) is 0 Å². The van der Waals surface area contributed by atoms with Gasteiger partial charge in [0.15, 0.2) is 0 Å². The molecule has 0 aliphatic rings. The third kappa shape index (κ3) is 5.12. The van der Waals surface area contributed by atoms with E-state index in [1.165, 1.54) is 7.11 Å². The minimum absolute atomic E-state index is 0. The van der Waals surface area contributed by atoms with Gasteiger partial charge in [-0.05, 0) is 37.6 Å². The quantitative estimate of drug-likeness (QED) is 0.791. The summed E-state index contributed by atoms with van der Waals surface area (Å²) < 4.78 is 5.11. The van der Waals surface area contributed by atoms with Crippen LogP contribution in [-0.2, 0) is 0 Å². The van der Waals surface area contributed by atoms with Gasteiger partial charge in [0.05, 0.1) is 12.7 Å². The number of hydrogen-bond donors (Lipinski definition) is 2. The maximum atomic E-state index is 11.8. The second-order valence-electron chi connectivity index (χ2n) is 3.60. The van der Waals surface area contributed by atoms with Crippen LogP contribution >= 0.6 is 24.0 Å². The van der Waals surface area contributed by atoms with Crippen LogP contribution in [0.5, 0.6) is 5.75 Å². The number of carbonyl (C=O) groups excluding carboxylic acids is 1. The highest BCUT2D eigenvalue weighted by Gasteiger charge is 2.11. The number of halogens is 2. The molecule has 0 saturated heterocycles. The first-order chi connectivity index (χ1) is 8.19. The van der Waals surface area contributed by atoms with Crippen LogP contribution in [0.25, 0.3) is 0 Å². The summed E-state index contributed by atoms with van der Waals surface area (Å²) in [6, 6.07) is 4.94. The molecule has 0 aliphatic carbocycles. The SMILES string of the molecule is COc1cc(Cl)ccc1C(=O)NCCCCN.Cl. The van der Waals surface area contributed by atoms with Gasteiger partial charge in [-0.1, -0.05) is 11.6 Å². The summed E-state index contributed by atoms with van der Waals surface area (Å²) in [6.45, 7) is 1.25. The molecule has 3 N–H and O–H groups in total. The maximum Gasteiger partial charge on any atom is 0.255 e. The van der Waals surface area contributed by atoms with Gasteiger partial charge in [0.2, 0.25) is 0 Å². The molecule has 4 nitrogen and oxygen atoms in total. The number of methoxy groups -OCH3 is 1. The predicted molar refractivity (Wildman–Crippen MR) is 75.9 cm³/mol. The zero-order valence-corrected chi connectivity index (χ0v) is 11.8. The summed E-state index contributed by atoms with van der Waals surface area (Å²) >= 11 is 5.82. The van der Waals surface area contributed by atoms with Gasteiger partial charge in [-0.3, -0.25) is 4.79 Å². The minimum Gasteiger partial charge on any atom is -0.496 e. The average molecular weight is 293 g/mol. The van der Waals surface area contributed by atoms with Crippen molar-refractivity contribution in [3.05, 3.63) is 28.8 Å². The van der Waals surface area contributed by atoms with E-state index < -0.39 is 0 Å². The van der Waals surface area contributed by atoms with Gasteiger partial charge < -0.3 is 15.8 Å². The first kappa shape index (κ1) is 17.0. The number of hydrogen-bond acceptors (Lipinski definition) is 3. The summed E-state index contributed by atoms with van der Waals surface area (Å²) in [6.07, 6.45) is 1.77. The molecule has 0 fully saturated rings. The van der Waals surface area contributed by atoms with E-state index in [4.69, 9.17) is 22.1 Å². The number of carbonyl (C=O) groups is 1. The first-order valence-corrected chi connectivity index (χ1v) is 5.88. The number of benzene rings is 1. The Morgan fingerprint density at radius 3 is 2.78 bits per heavy atom. The Balaban J connectivity index is 0.00000289. The number of nitrogens with one attached hydrogen (secondary N) is 1. The second kappa shape index (κ2) is 9.03.